The van der Waals surface area contributed by atoms with Crippen LogP contribution in [0.15, 0.2) is 16.9 Å². The molecule has 74 valence electrons. The molecule has 7 heteroatoms. The number of nitrogens with zero attached hydrogens (tertiary/aromatic N) is 1. The Bertz CT molecular complexity index is 460. The van der Waals surface area contributed by atoms with Crippen LogP contribution in [0.4, 0.5) is 0 Å². The van der Waals surface area contributed by atoms with Crippen molar-refractivity contribution in [3.05, 3.63) is 33.7 Å². The number of hydrogen-bond donors (Lipinski definition) is 3. The number of carbonyl (C=O) groups is 2. The van der Waals surface area contributed by atoms with Gasteiger partial charge in [-0.25, -0.2) is 9.59 Å². The van der Waals surface area contributed by atoms with E-state index in [1.54, 1.807) is 0 Å². The topological polar surface area (TPSA) is 117 Å². The molecule has 0 unspecified atom stereocenters. The summed E-state index contributed by atoms with van der Waals surface area (Å²) in [6.07, 6.45) is 0. The van der Waals surface area contributed by atoms with Gasteiger partial charge in [-0.1, -0.05) is 0 Å². The lowest BCUT2D eigenvalue weighted by Gasteiger charge is -2.01. The molecule has 14 heavy (non-hydrogen) atoms. The summed E-state index contributed by atoms with van der Waals surface area (Å²) >= 11 is 0. The van der Waals surface area contributed by atoms with Crippen molar-refractivity contribution in [3.63, 3.8) is 0 Å². The Kier molecular flexibility index (Phi) is 2.24. The lowest BCUT2D eigenvalue weighted by atomic mass is 10.2. The molecule has 1 heterocycles. The largest absolute Gasteiger partial charge is 0.477 e. The Balaban J connectivity index is 3.49. The molecule has 1 rings (SSSR count). The molecule has 0 aliphatic heterocycles. The van der Waals surface area contributed by atoms with E-state index in [2.05, 4.69) is 0 Å². The molecule has 0 fully saturated rings. The van der Waals surface area contributed by atoms with Gasteiger partial charge in [0.15, 0.2) is 5.69 Å². The third-order valence-electron chi connectivity index (χ3n) is 1.51. The summed E-state index contributed by atoms with van der Waals surface area (Å²) in [5.74, 6) is -3.06. The smallest absolute Gasteiger partial charge is 0.356 e. The molecule has 0 amide bonds. The second-order valence-corrected chi connectivity index (χ2v) is 2.36. The van der Waals surface area contributed by atoms with Crippen LogP contribution in [0.1, 0.15) is 20.8 Å². The number of carboxylic acids is 2. The van der Waals surface area contributed by atoms with E-state index in [-0.39, 0.29) is 4.73 Å². The van der Waals surface area contributed by atoms with Gasteiger partial charge in [0, 0.05) is 0 Å². The minimum Gasteiger partial charge on any atom is -0.477 e. The van der Waals surface area contributed by atoms with Crippen LogP contribution in [0.2, 0.25) is 0 Å². The first kappa shape index (κ1) is 9.78. The molecule has 0 aromatic carbocycles. The van der Waals surface area contributed by atoms with E-state index in [9.17, 15) is 14.4 Å². The maximum Gasteiger partial charge on any atom is 0.356 e. The van der Waals surface area contributed by atoms with Crippen molar-refractivity contribution >= 4 is 11.9 Å². The number of aromatic carboxylic acids is 2. The van der Waals surface area contributed by atoms with Crippen molar-refractivity contribution < 1.29 is 25.0 Å². The van der Waals surface area contributed by atoms with Crippen molar-refractivity contribution in [2.45, 2.75) is 0 Å². The van der Waals surface area contributed by atoms with Crippen molar-refractivity contribution in [1.29, 1.82) is 0 Å². The first-order valence-corrected chi connectivity index (χ1v) is 3.37. The van der Waals surface area contributed by atoms with E-state index >= 15 is 0 Å². The van der Waals surface area contributed by atoms with Crippen LogP contribution in [0.5, 0.6) is 0 Å². The highest BCUT2D eigenvalue weighted by atomic mass is 16.5. The van der Waals surface area contributed by atoms with Gasteiger partial charge in [0.05, 0.1) is 0 Å². The van der Waals surface area contributed by atoms with Crippen LogP contribution in [-0.4, -0.2) is 32.1 Å². The number of carboxylic acid groups (broad SMARTS) is 2. The standard InChI is InChI=1S/C7H5NO6/c9-5-3(6(10)11)1-2-4(7(12)13)8(5)14/h1-2,14H,(H,10,11)(H,12,13). The lowest BCUT2D eigenvalue weighted by molar-refractivity contribution is 0.0616. The zero-order chi connectivity index (χ0) is 10.9. The number of hydrogen-bond acceptors (Lipinski definition) is 4. The van der Waals surface area contributed by atoms with E-state index < -0.39 is 28.8 Å². The molecule has 7 nitrogen and oxygen atoms in total. The molecule has 0 radical (unpaired) electrons. The molecule has 0 aliphatic carbocycles. The average molecular weight is 199 g/mol. The Morgan fingerprint density at radius 1 is 1.14 bits per heavy atom. The van der Waals surface area contributed by atoms with Crippen LogP contribution >= 0.6 is 0 Å². The Hall–Kier alpha value is -2.31. The summed E-state index contributed by atoms with van der Waals surface area (Å²) < 4.78 is -0.216. The van der Waals surface area contributed by atoms with E-state index in [1.807, 2.05) is 0 Å². The van der Waals surface area contributed by atoms with Crippen LogP contribution in [-0.2, 0) is 0 Å². The number of aromatic nitrogens is 1. The molecule has 0 spiro atoms. The van der Waals surface area contributed by atoms with Crippen LogP contribution < -0.4 is 5.56 Å². The Morgan fingerprint density at radius 3 is 2.14 bits per heavy atom. The van der Waals surface area contributed by atoms with Crippen molar-refractivity contribution in [2.75, 3.05) is 0 Å². The van der Waals surface area contributed by atoms with Gasteiger partial charge in [-0.05, 0) is 12.1 Å². The summed E-state index contributed by atoms with van der Waals surface area (Å²) in [5.41, 5.74) is -2.67. The summed E-state index contributed by atoms with van der Waals surface area (Å²) in [6, 6.07) is 1.65. The van der Waals surface area contributed by atoms with Crippen LogP contribution in [0.3, 0.4) is 0 Å². The van der Waals surface area contributed by atoms with Gasteiger partial charge in [0.2, 0.25) is 0 Å². The average Bonchev–Trinajstić information content (AvgIpc) is 2.08. The highest BCUT2D eigenvalue weighted by molar-refractivity contribution is 5.89. The Labute approximate surface area is 76.4 Å². The minimum absolute atomic E-state index is 0.216. The third kappa shape index (κ3) is 1.42. The molecular weight excluding hydrogens is 194 g/mol. The molecule has 1 aromatic rings. The van der Waals surface area contributed by atoms with Gasteiger partial charge in [-0.2, -0.15) is 0 Å². The molecule has 0 saturated heterocycles. The fraction of sp³-hybridized carbons (Fsp3) is 0. The van der Waals surface area contributed by atoms with Crippen molar-refractivity contribution in [1.82, 2.24) is 4.73 Å². The van der Waals surface area contributed by atoms with Gasteiger partial charge in [0.25, 0.3) is 5.56 Å². The minimum atomic E-state index is -1.53. The van der Waals surface area contributed by atoms with Crippen LogP contribution in [0.25, 0.3) is 0 Å². The quantitative estimate of drug-likeness (QED) is 0.552. The molecule has 0 saturated carbocycles. The van der Waals surface area contributed by atoms with E-state index in [0.29, 0.717) is 0 Å². The summed E-state index contributed by atoms with van der Waals surface area (Å²) in [4.78, 5) is 31.8. The molecular formula is C7H5NO6. The van der Waals surface area contributed by atoms with Gasteiger partial charge < -0.3 is 15.4 Å². The van der Waals surface area contributed by atoms with Gasteiger partial charge in [-0.15, -0.1) is 4.73 Å². The summed E-state index contributed by atoms with van der Waals surface area (Å²) in [7, 11) is 0. The zero-order valence-corrected chi connectivity index (χ0v) is 6.67. The molecule has 3 N–H and O–H groups in total. The fourth-order valence-electron chi connectivity index (χ4n) is 0.852. The monoisotopic (exact) mass is 199 g/mol. The second kappa shape index (κ2) is 3.21. The number of pyridine rings is 1. The van der Waals surface area contributed by atoms with E-state index in [0.717, 1.165) is 12.1 Å². The normalized spacial score (nSPS) is 9.71. The SMILES string of the molecule is O=C(O)c1ccc(C(=O)O)n(O)c1=O. The van der Waals surface area contributed by atoms with Crippen molar-refractivity contribution in [3.8, 4) is 0 Å². The van der Waals surface area contributed by atoms with Crippen molar-refractivity contribution in [2.24, 2.45) is 0 Å². The van der Waals surface area contributed by atoms with E-state index in [1.165, 1.54) is 0 Å². The summed E-state index contributed by atoms with van der Waals surface area (Å²) in [5, 5.41) is 25.9. The first-order chi connectivity index (χ1) is 6.45. The molecule has 0 aliphatic rings. The number of rotatable bonds is 2. The molecule has 0 atom stereocenters. The summed E-state index contributed by atoms with van der Waals surface area (Å²) in [6.45, 7) is 0. The predicted molar refractivity (Wildman–Crippen MR) is 41.8 cm³/mol. The predicted octanol–water partition coefficient (Wildman–Crippen LogP) is -0.518. The van der Waals surface area contributed by atoms with Gasteiger partial charge in [0.1, 0.15) is 5.56 Å². The molecule has 0 bridgehead atoms. The highest BCUT2D eigenvalue weighted by Crippen LogP contribution is 1.98. The van der Waals surface area contributed by atoms with Gasteiger partial charge >= 0.3 is 11.9 Å². The molecule has 1 aromatic heterocycles. The van der Waals surface area contributed by atoms with Crippen LogP contribution in [0, 0.1) is 0 Å². The zero-order valence-electron chi connectivity index (χ0n) is 6.67. The second-order valence-electron chi connectivity index (χ2n) is 2.36. The lowest BCUT2D eigenvalue weighted by Crippen LogP contribution is -2.28. The first-order valence-electron chi connectivity index (χ1n) is 3.37. The van der Waals surface area contributed by atoms with Gasteiger partial charge in [-0.3, -0.25) is 4.79 Å². The maximum absolute atomic E-state index is 11.0. The third-order valence-corrected chi connectivity index (χ3v) is 1.51. The highest BCUT2D eigenvalue weighted by Gasteiger charge is 2.16. The van der Waals surface area contributed by atoms with E-state index in [4.69, 9.17) is 15.4 Å². The fourth-order valence-corrected chi connectivity index (χ4v) is 0.852. The maximum atomic E-state index is 11.0. The Morgan fingerprint density at radius 2 is 1.71 bits per heavy atom.